The maximum atomic E-state index is 5.19. The molecule has 0 fully saturated rings. The van der Waals surface area contributed by atoms with Crippen LogP contribution in [0.1, 0.15) is 23.1 Å². The predicted molar refractivity (Wildman–Crippen MR) is 71.6 cm³/mol. The molecule has 0 radical (unpaired) electrons. The molecule has 0 aliphatic rings. The number of aromatic nitrogens is 2. The van der Waals surface area contributed by atoms with E-state index in [1.807, 2.05) is 25.4 Å². The highest BCUT2D eigenvalue weighted by molar-refractivity contribution is 7.13. The van der Waals surface area contributed by atoms with Crippen LogP contribution in [0.2, 0.25) is 0 Å². The van der Waals surface area contributed by atoms with Gasteiger partial charge in [-0.25, -0.2) is 4.98 Å². The van der Waals surface area contributed by atoms with Crippen LogP contribution in [0.25, 0.3) is 10.7 Å². The molecule has 5 heteroatoms. The summed E-state index contributed by atoms with van der Waals surface area (Å²) >= 11 is 1.55. The van der Waals surface area contributed by atoms with Crippen LogP contribution in [0.4, 0.5) is 0 Å². The zero-order valence-electron chi connectivity index (χ0n) is 10.9. The normalized spacial score (nSPS) is 11.2. The number of ether oxygens (including phenoxy) is 2. The van der Waals surface area contributed by atoms with Gasteiger partial charge in [0, 0.05) is 25.8 Å². The minimum Gasteiger partial charge on any atom is -0.350 e. The van der Waals surface area contributed by atoms with E-state index in [0.717, 1.165) is 27.5 Å². The molecular weight excluding hydrogens is 248 g/mol. The van der Waals surface area contributed by atoms with Gasteiger partial charge in [-0.3, -0.25) is 4.98 Å². The van der Waals surface area contributed by atoms with E-state index < -0.39 is 6.29 Å². The summed E-state index contributed by atoms with van der Waals surface area (Å²) in [6, 6.07) is 2.10. The summed E-state index contributed by atoms with van der Waals surface area (Å²) in [6.07, 6.45) is 1.44. The highest BCUT2D eigenvalue weighted by Crippen LogP contribution is 2.28. The Morgan fingerprint density at radius 2 is 1.94 bits per heavy atom. The topological polar surface area (TPSA) is 44.2 Å². The Morgan fingerprint density at radius 1 is 1.22 bits per heavy atom. The molecule has 2 rings (SSSR count). The molecular formula is C13H16N2O2S. The maximum absolute atomic E-state index is 5.19. The quantitative estimate of drug-likeness (QED) is 0.796. The van der Waals surface area contributed by atoms with Crippen molar-refractivity contribution in [1.82, 2.24) is 9.97 Å². The van der Waals surface area contributed by atoms with Gasteiger partial charge in [-0.2, -0.15) is 0 Å². The summed E-state index contributed by atoms with van der Waals surface area (Å²) in [5.41, 5.74) is 3.98. The van der Waals surface area contributed by atoms with E-state index in [2.05, 4.69) is 16.0 Å². The molecule has 4 nitrogen and oxygen atoms in total. The Morgan fingerprint density at radius 3 is 2.56 bits per heavy atom. The third-order valence-electron chi connectivity index (χ3n) is 2.61. The number of aryl methyl sites for hydroxylation is 2. The Bertz CT molecular complexity index is 536. The molecule has 0 spiro atoms. The van der Waals surface area contributed by atoms with Crippen LogP contribution in [-0.2, 0) is 9.47 Å². The molecule has 2 aromatic rings. The first-order chi connectivity index (χ1) is 8.65. The second kappa shape index (κ2) is 5.56. The van der Waals surface area contributed by atoms with Crippen LogP contribution >= 0.6 is 11.3 Å². The first kappa shape index (κ1) is 13.1. The first-order valence-electron chi connectivity index (χ1n) is 5.60. The van der Waals surface area contributed by atoms with E-state index >= 15 is 0 Å². The molecule has 2 aromatic heterocycles. The molecule has 0 saturated carbocycles. The van der Waals surface area contributed by atoms with Crippen molar-refractivity contribution < 1.29 is 9.47 Å². The molecule has 0 aromatic carbocycles. The Hall–Kier alpha value is -1.30. The second-order valence-electron chi connectivity index (χ2n) is 4.06. The van der Waals surface area contributed by atoms with Crippen molar-refractivity contribution >= 4 is 11.3 Å². The lowest BCUT2D eigenvalue weighted by atomic mass is 10.2. The van der Waals surface area contributed by atoms with Crippen molar-refractivity contribution in [3.8, 4) is 10.7 Å². The third kappa shape index (κ3) is 2.58. The van der Waals surface area contributed by atoms with Crippen molar-refractivity contribution in [3.05, 3.63) is 34.5 Å². The van der Waals surface area contributed by atoms with Crippen LogP contribution < -0.4 is 0 Å². The molecule has 0 N–H and O–H groups in total. The second-order valence-corrected chi connectivity index (χ2v) is 4.92. The summed E-state index contributed by atoms with van der Waals surface area (Å²) in [5.74, 6) is 0. The van der Waals surface area contributed by atoms with Crippen molar-refractivity contribution in [2.24, 2.45) is 0 Å². The number of methoxy groups -OCH3 is 2. The lowest BCUT2D eigenvalue weighted by molar-refractivity contribution is -0.108. The van der Waals surface area contributed by atoms with Gasteiger partial charge in [0.25, 0.3) is 0 Å². The van der Waals surface area contributed by atoms with Gasteiger partial charge in [-0.1, -0.05) is 6.07 Å². The molecule has 96 valence electrons. The van der Waals surface area contributed by atoms with Gasteiger partial charge in [-0.05, 0) is 25.0 Å². The molecule has 0 saturated heterocycles. The Labute approximate surface area is 111 Å². The predicted octanol–water partition coefficient (Wildman–Crippen LogP) is 3.11. The van der Waals surface area contributed by atoms with Crippen molar-refractivity contribution in [2.45, 2.75) is 20.1 Å². The van der Waals surface area contributed by atoms with E-state index in [1.54, 1.807) is 25.6 Å². The zero-order chi connectivity index (χ0) is 13.1. The van der Waals surface area contributed by atoms with Gasteiger partial charge >= 0.3 is 0 Å². The highest BCUT2D eigenvalue weighted by atomic mass is 32.1. The number of pyridine rings is 1. The highest BCUT2D eigenvalue weighted by Gasteiger charge is 2.15. The van der Waals surface area contributed by atoms with Gasteiger partial charge < -0.3 is 9.47 Å². The van der Waals surface area contributed by atoms with Gasteiger partial charge in [-0.15, -0.1) is 11.3 Å². The van der Waals surface area contributed by atoms with Gasteiger partial charge in [0.05, 0.1) is 0 Å². The lowest BCUT2D eigenvalue weighted by Gasteiger charge is -2.09. The fraction of sp³-hybridized carbons (Fsp3) is 0.385. The monoisotopic (exact) mass is 264 g/mol. The summed E-state index contributed by atoms with van der Waals surface area (Å²) in [7, 11) is 3.20. The van der Waals surface area contributed by atoms with Crippen molar-refractivity contribution in [2.75, 3.05) is 14.2 Å². The van der Waals surface area contributed by atoms with Crippen LogP contribution in [0.15, 0.2) is 17.6 Å². The summed E-state index contributed by atoms with van der Waals surface area (Å²) in [6.45, 7) is 4.07. The number of hydrogen-bond acceptors (Lipinski definition) is 5. The standard InChI is InChI=1S/C13H16N2O2S/c1-8-5-9(2)11(14-6-8)12-15-10(7-18-12)13(16-3)17-4/h5-7,13H,1-4H3. The number of rotatable bonds is 4. The zero-order valence-corrected chi connectivity index (χ0v) is 11.7. The average molecular weight is 264 g/mol. The molecule has 0 atom stereocenters. The SMILES string of the molecule is COC(OC)c1csc(-c2ncc(C)cc2C)n1. The van der Waals surface area contributed by atoms with E-state index in [0.29, 0.717) is 0 Å². The van der Waals surface area contributed by atoms with Crippen molar-refractivity contribution in [3.63, 3.8) is 0 Å². The summed E-state index contributed by atoms with van der Waals surface area (Å²) in [4.78, 5) is 8.96. The van der Waals surface area contributed by atoms with E-state index in [4.69, 9.17) is 9.47 Å². The Kier molecular flexibility index (Phi) is 4.06. The summed E-state index contributed by atoms with van der Waals surface area (Å²) in [5, 5.41) is 2.83. The van der Waals surface area contributed by atoms with Gasteiger partial charge in [0.2, 0.25) is 6.29 Å². The van der Waals surface area contributed by atoms with Crippen LogP contribution in [-0.4, -0.2) is 24.2 Å². The fourth-order valence-electron chi connectivity index (χ4n) is 1.78. The third-order valence-corrected chi connectivity index (χ3v) is 3.48. The number of hydrogen-bond donors (Lipinski definition) is 0. The minimum atomic E-state index is -0.416. The van der Waals surface area contributed by atoms with E-state index in [1.165, 1.54) is 0 Å². The average Bonchev–Trinajstić information content (AvgIpc) is 2.80. The van der Waals surface area contributed by atoms with E-state index in [9.17, 15) is 0 Å². The molecule has 0 aliphatic heterocycles. The molecule has 0 aliphatic carbocycles. The molecule has 0 amide bonds. The molecule has 0 bridgehead atoms. The van der Waals surface area contributed by atoms with Crippen molar-refractivity contribution in [1.29, 1.82) is 0 Å². The summed E-state index contributed by atoms with van der Waals surface area (Å²) < 4.78 is 10.4. The van der Waals surface area contributed by atoms with Crippen LogP contribution in [0.3, 0.4) is 0 Å². The number of nitrogens with zero attached hydrogens (tertiary/aromatic N) is 2. The van der Waals surface area contributed by atoms with Crippen LogP contribution in [0, 0.1) is 13.8 Å². The molecule has 2 heterocycles. The molecule has 18 heavy (non-hydrogen) atoms. The number of thiazole rings is 1. The Balaban J connectivity index is 2.34. The van der Waals surface area contributed by atoms with Gasteiger partial charge in [0.1, 0.15) is 16.4 Å². The smallest absolute Gasteiger partial charge is 0.201 e. The first-order valence-corrected chi connectivity index (χ1v) is 6.48. The van der Waals surface area contributed by atoms with Gasteiger partial charge in [0.15, 0.2) is 0 Å². The maximum Gasteiger partial charge on any atom is 0.201 e. The largest absolute Gasteiger partial charge is 0.350 e. The fourth-order valence-corrected chi connectivity index (χ4v) is 2.66. The van der Waals surface area contributed by atoms with Crippen LogP contribution in [0.5, 0.6) is 0 Å². The van der Waals surface area contributed by atoms with E-state index in [-0.39, 0.29) is 0 Å². The lowest BCUT2D eigenvalue weighted by Crippen LogP contribution is -2.03. The molecule has 0 unspecified atom stereocenters. The minimum absolute atomic E-state index is 0.416.